The first-order valence-electron chi connectivity index (χ1n) is 8.36. The molecule has 4 rings (SSSR count). The minimum Gasteiger partial charge on any atom is -0.493 e. The van der Waals surface area contributed by atoms with Gasteiger partial charge < -0.3 is 9.47 Å². The van der Waals surface area contributed by atoms with E-state index < -0.39 is 4.92 Å². The Balaban J connectivity index is 1.67. The van der Waals surface area contributed by atoms with Gasteiger partial charge in [-0.1, -0.05) is 30.0 Å². The van der Waals surface area contributed by atoms with Crippen molar-refractivity contribution in [2.75, 3.05) is 14.2 Å². The van der Waals surface area contributed by atoms with E-state index >= 15 is 0 Å². The van der Waals surface area contributed by atoms with Crippen molar-refractivity contribution in [3.63, 3.8) is 0 Å². The maximum absolute atomic E-state index is 12.2. The number of carbonyl (C=O) groups excluding carboxylic acids is 1. The first-order valence-corrected chi connectivity index (χ1v) is 9.58. The van der Waals surface area contributed by atoms with Crippen molar-refractivity contribution in [1.29, 1.82) is 0 Å². The summed E-state index contributed by atoms with van der Waals surface area (Å²) in [4.78, 5) is 24.6. The molecule has 0 saturated carbocycles. The summed E-state index contributed by atoms with van der Waals surface area (Å²) in [6.45, 7) is 0. The molecule has 10 nitrogen and oxygen atoms in total. The lowest BCUT2D eigenvalue weighted by Crippen LogP contribution is -2.22. The molecule has 152 valence electrons. The number of methoxy groups -OCH3 is 1. The molecule has 1 aromatic heterocycles. The number of ether oxygens (including phenoxy) is 2. The number of hydrogen-bond donors (Lipinski definition) is 0. The van der Waals surface area contributed by atoms with E-state index in [2.05, 4.69) is 14.9 Å². The lowest BCUT2D eigenvalue weighted by molar-refractivity contribution is -0.383. The molecular weight excluding hydrogens is 432 g/mol. The zero-order chi connectivity index (χ0) is 21.4. The van der Waals surface area contributed by atoms with Crippen LogP contribution in [-0.2, 0) is 4.79 Å². The highest BCUT2D eigenvalue weighted by Gasteiger charge is 2.28. The number of carbonyl (C=O) groups is 1. The van der Waals surface area contributed by atoms with E-state index in [1.54, 1.807) is 31.3 Å². The number of rotatable bonds is 5. The van der Waals surface area contributed by atoms with Crippen LogP contribution in [0.3, 0.4) is 0 Å². The van der Waals surface area contributed by atoms with Gasteiger partial charge in [-0.25, -0.2) is 4.63 Å². The van der Waals surface area contributed by atoms with Crippen LogP contribution in [0.4, 0.5) is 5.69 Å². The average molecular weight is 444 g/mol. The van der Waals surface area contributed by atoms with Gasteiger partial charge in [-0.2, -0.15) is 0 Å². The number of thiocarbonyl (C=S) groups is 1. The molecule has 2 aromatic carbocycles. The standard InChI is InChI=1S/C18H12N4O6S2/c1-21-17(23)14(30-18(21)29)8-9-3-5-11(13(7-9)26-2)27-12-6-4-10(22(24)25)15-16(12)20-28-19-15/h3-8H,1-2H3/b14-8+. The Morgan fingerprint density at radius 2 is 1.93 bits per heavy atom. The van der Waals surface area contributed by atoms with Gasteiger partial charge in [0.2, 0.25) is 5.52 Å². The van der Waals surface area contributed by atoms with E-state index in [1.165, 1.54) is 35.9 Å². The second-order valence-corrected chi connectivity index (χ2v) is 7.73. The summed E-state index contributed by atoms with van der Waals surface area (Å²) in [5, 5.41) is 18.4. The molecule has 3 aromatic rings. The Kier molecular flexibility index (Phi) is 5.10. The summed E-state index contributed by atoms with van der Waals surface area (Å²) in [6.07, 6.45) is 1.71. The predicted octanol–water partition coefficient (Wildman–Crippen LogP) is 3.76. The Hall–Kier alpha value is -3.51. The quantitative estimate of drug-likeness (QED) is 0.249. The van der Waals surface area contributed by atoms with Gasteiger partial charge in [0.1, 0.15) is 4.32 Å². The number of amides is 1. The first kappa shape index (κ1) is 19.8. The molecule has 0 radical (unpaired) electrons. The van der Waals surface area contributed by atoms with Gasteiger partial charge in [-0.3, -0.25) is 19.8 Å². The molecule has 1 saturated heterocycles. The summed E-state index contributed by atoms with van der Waals surface area (Å²) in [5.74, 6) is 0.778. The third-order valence-corrected chi connectivity index (χ3v) is 5.73. The largest absolute Gasteiger partial charge is 0.493 e. The summed E-state index contributed by atoms with van der Waals surface area (Å²) >= 11 is 6.35. The van der Waals surface area contributed by atoms with Crippen LogP contribution in [0, 0.1) is 10.1 Å². The number of non-ortho nitro benzene ring substituents is 1. The summed E-state index contributed by atoms with van der Waals surface area (Å²) < 4.78 is 16.4. The van der Waals surface area contributed by atoms with Crippen LogP contribution in [0.25, 0.3) is 17.1 Å². The number of fused-ring (bicyclic) bond motifs is 1. The topological polar surface area (TPSA) is 121 Å². The fraction of sp³-hybridized carbons (Fsp3) is 0.111. The molecule has 0 N–H and O–H groups in total. The van der Waals surface area contributed by atoms with E-state index in [0.29, 0.717) is 26.3 Å². The van der Waals surface area contributed by atoms with Crippen molar-refractivity contribution >= 4 is 57.0 Å². The third-order valence-electron chi connectivity index (χ3n) is 4.25. The zero-order valence-corrected chi connectivity index (χ0v) is 17.2. The molecule has 0 bridgehead atoms. The molecule has 1 aliphatic heterocycles. The minimum atomic E-state index is -0.579. The van der Waals surface area contributed by atoms with Crippen molar-refractivity contribution in [2.45, 2.75) is 0 Å². The summed E-state index contributed by atoms with van der Waals surface area (Å²) in [5.41, 5.74) is 0.566. The Labute approximate surface area is 178 Å². The van der Waals surface area contributed by atoms with Crippen LogP contribution in [0.1, 0.15) is 5.56 Å². The Morgan fingerprint density at radius 3 is 2.60 bits per heavy atom. The maximum Gasteiger partial charge on any atom is 0.301 e. The zero-order valence-electron chi connectivity index (χ0n) is 15.5. The Morgan fingerprint density at radius 1 is 1.20 bits per heavy atom. The van der Waals surface area contributed by atoms with E-state index in [-0.39, 0.29) is 28.4 Å². The van der Waals surface area contributed by atoms with Gasteiger partial charge in [0, 0.05) is 13.1 Å². The van der Waals surface area contributed by atoms with Crippen molar-refractivity contribution in [3.05, 3.63) is 50.9 Å². The van der Waals surface area contributed by atoms with Crippen molar-refractivity contribution < 1.29 is 23.8 Å². The Bertz CT molecular complexity index is 1240. The molecule has 0 aliphatic carbocycles. The molecule has 0 atom stereocenters. The second kappa shape index (κ2) is 7.72. The highest BCUT2D eigenvalue weighted by Crippen LogP contribution is 2.38. The molecule has 0 unspecified atom stereocenters. The van der Waals surface area contributed by atoms with Crippen molar-refractivity contribution in [3.8, 4) is 17.2 Å². The van der Waals surface area contributed by atoms with Crippen LogP contribution in [0.5, 0.6) is 17.2 Å². The highest BCUT2D eigenvalue weighted by molar-refractivity contribution is 8.26. The molecule has 1 fully saturated rings. The van der Waals surface area contributed by atoms with E-state index in [9.17, 15) is 14.9 Å². The average Bonchev–Trinajstić information content (AvgIpc) is 3.31. The maximum atomic E-state index is 12.2. The van der Waals surface area contributed by atoms with Crippen LogP contribution in [0.15, 0.2) is 39.9 Å². The fourth-order valence-corrected chi connectivity index (χ4v) is 3.91. The van der Waals surface area contributed by atoms with Gasteiger partial charge in [-0.15, -0.1) is 0 Å². The number of nitro benzene ring substituents is 1. The number of aromatic nitrogens is 2. The van der Waals surface area contributed by atoms with Crippen LogP contribution < -0.4 is 9.47 Å². The van der Waals surface area contributed by atoms with Gasteiger partial charge in [-0.05, 0) is 40.2 Å². The van der Waals surface area contributed by atoms with Crippen LogP contribution in [0.2, 0.25) is 0 Å². The summed E-state index contributed by atoms with van der Waals surface area (Å²) in [7, 11) is 3.10. The molecule has 2 heterocycles. The summed E-state index contributed by atoms with van der Waals surface area (Å²) in [6, 6.07) is 7.75. The van der Waals surface area contributed by atoms with Crippen molar-refractivity contribution in [2.24, 2.45) is 0 Å². The molecule has 1 amide bonds. The number of benzene rings is 2. The monoisotopic (exact) mass is 444 g/mol. The van der Waals surface area contributed by atoms with Gasteiger partial charge in [0.15, 0.2) is 22.8 Å². The molecular formula is C18H12N4O6S2. The molecule has 1 aliphatic rings. The molecule has 30 heavy (non-hydrogen) atoms. The van der Waals surface area contributed by atoms with Gasteiger partial charge >= 0.3 is 5.69 Å². The third kappa shape index (κ3) is 3.46. The minimum absolute atomic E-state index is 0.0188. The molecule has 12 heteroatoms. The molecule has 0 spiro atoms. The van der Waals surface area contributed by atoms with E-state index in [0.717, 1.165) is 0 Å². The van der Waals surface area contributed by atoms with E-state index in [1.807, 2.05) is 0 Å². The number of likely N-dealkylation sites (N-methyl/N-ethyl adjacent to an activating group) is 1. The van der Waals surface area contributed by atoms with Crippen LogP contribution >= 0.6 is 24.0 Å². The lowest BCUT2D eigenvalue weighted by Gasteiger charge is -2.11. The van der Waals surface area contributed by atoms with Crippen LogP contribution in [-0.4, -0.2) is 44.5 Å². The number of hydrogen-bond acceptors (Lipinski definition) is 10. The predicted molar refractivity (Wildman–Crippen MR) is 112 cm³/mol. The normalized spacial score (nSPS) is 15.3. The first-order chi connectivity index (χ1) is 14.4. The van der Waals surface area contributed by atoms with Gasteiger partial charge in [0.25, 0.3) is 5.91 Å². The number of thioether (sulfide) groups is 1. The smallest absolute Gasteiger partial charge is 0.301 e. The fourth-order valence-electron chi connectivity index (χ4n) is 2.73. The lowest BCUT2D eigenvalue weighted by atomic mass is 10.1. The highest BCUT2D eigenvalue weighted by atomic mass is 32.2. The number of nitro groups is 1. The van der Waals surface area contributed by atoms with Crippen molar-refractivity contribution in [1.82, 2.24) is 15.2 Å². The SMILES string of the molecule is COc1cc(/C=C2/SC(=S)N(C)C2=O)ccc1Oc1ccc([N+](=O)[O-])c2nonc12. The number of nitrogens with zero attached hydrogens (tertiary/aromatic N) is 4. The second-order valence-electron chi connectivity index (χ2n) is 6.05. The van der Waals surface area contributed by atoms with Gasteiger partial charge in [0.05, 0.1) is 16.9 Å². The van der Waals surface area contributed by atoms with E-state index in [4.69, 9.17) is 21.7 Å².